The van der Waals surface area contributed by atoms with Crippen LogP contribution in [0.25, 0.3) is 0 Å². The highest BCUT2D eigenvalue weighted by Crippen LogP contribution is 2.26. The fourth-order valence-electron chi connectivity index (χ4n) is 3.60. The van der Waals surface area contributed by atoms with Crippen LogP contribution in [0.5, 0.6) is 0 Å². The van der Waals surface area contributed by atoms with Crippen molar-refractivity contribution >= 4 is 30.7 Å². The van der Waals surface area contributed by atoms with E-state index in [1.807, 2.05) is 11.9 Å². The number of amides is 1. The number of methoxy groups -OCH3 is 1. The summed E-state index contributed by atoms with van der Waals surface area (Å²) in [7, 11) is 3.60. The number of rotatable bonds is 5. The van der Waals surface area contributed by atoms with E-state index in [0.29, 0.717) is 6.04 Å². The fourth-order valence-corrected chi connectivity index (χ4v) is 3.60. The van der Waals surface area contributed by atoms with Gasteiger partial charge in [-0.2, -0.15) is 0 Å². The predicted octanol–water partition coefficient (Wildman–Crippen LogP) is 1.54. The molecule has 0 aliphatic carbocycles. The number of likely N-dealkylation sites (tertiary alicyclic amines) is 1. The van der Waals surface area contributed by atoms with Crippen LogP contribution in [0.3, 0.4) is 0 Å². The minimum Gasteiger partial charge on any atom is -0.368 e. The Morgan fingerprint density at radius 1 is 1.36 bits per heavy atom. The molecule has 5 nitrogen and oxygen atoms in total. The Hall–Kier alpha value is -0.0700. The predicted molar refractivity (Wildman–Crippen MR) is 94.2 cm³/mol. The van der Waals surface area contributed by atoms with Crippen molar-refractivity contribution in [2.45, 2.75) is 44.2 Å². The van der Waals surface area contributed by atoms with Crippen molar-refractivity contribution in [1.29, 1.82) is 0 Å². The zero-order valence-corrected chi connectivity index (χ0v) is 15.6. The van der Waals surface area contributed by atoms with Gasteiger partial charge in [-0.15, -0.1) is 24.8 Å². The molecule has 0 aromatic rings. The van der Waals surface area contributed by atoms with Crippen LogP contribution in [0, 0.1) is 0 Å². The lowest BCUT2D eigenvalue weighted by Gasteiger charge is -2.39. The quantitative estimate of drug-likeness (QED) is 0.812. The molecule has 1 amide bonds. The molecule has 22 heavy (non-hydrogen) atoms. The molecule has 0 spiro atoms. The van der Waals surface area contributed by atoms with E-state index >= 15 is 0 Å². The van der Waals surface area contributed by atoms with Crippen molar-refractivity contribution in [3.8, 4) is 0 Å². The summed E-state index contributed by atoms with van der Waals surface area (Å²) in [4.78, 5) is 17.2. The van der Waals surface area contributed by atoms with Crippen LogP contribution in [0.4, 0.5) is 0 Å². The Kier molecular flexibility index (Phi) is 9.90. The second kappa shape index (κ2) is 9.93. The Balaban J connectivity index is 0.00000220. The topological polar surface area (TPSA) is 44.8 Å². The van der Waals surface area contributed by atoms with Gasteiger partial charge >= 0.3 is 0 Å². The first kappa shape index (κ1) is 21.9. The van der Waals surface area contributed by atoms with Gasteiger partial charge in [-0.05, 0) is 51.9 Å². The highest BCUT2D eigenvalue weighted by Gasteiger charge is 2.42. The number of nitrogens with zero attached hydrogens (tertiary/aromatic N) is 2. The number of carbonyl (C=O) groups excluding carboxylic acids is 1. The molecule has 1 unspecified atom stereocenters. The number of hydrogen-bond donors (Lipinski definition) is 1. The SMILES string of the molecule is CCN1CCCC1CN(C)C(=O)C1(OC)CCNCC1.Cl.Cl. The lowest BCUT2D eigenvalue weighted by molar-refractivity contribution is -0.157. The average Bonchev–Trinajstić information content (AvgIpc) is 2.94. The standard InChI is InChI=1S/C15H29N3O2.2ClH/c1-4-18-11-5-6-13(18)12-17(2)14(19)15(20-3)7-9-16-10-8-15;;/h13,16H,4-12H2,1-3H3;2*1H. The van der Waals surface area contributed by atoms with Gasteiger partial charge in [-0.25, -0.2) is 0 Å². The van der Waals surface area contributed by atoms with E-state index in [2.05, 4.69) is 17.1 Å². The van der Waals surface area contributed by atoms with Crippen molar-refractivity contribution in [3.05, 3.63) is 0 Å². The van der Waals surface area contributed by atoms with Crippen molar-refractivity contribution in [2.24, 2.45) is 0 Å². The summed E-state index contributed by atoms with van der Waals surface area (Å²) in [5.41, 5.74) is -0.602. The molecule has 0 aromatic carbocycles. The first-order valence-electron chi connectivity index (χ1n) is 7.88. The van der Waals surface area contributed by atoms with Gasteiger partial charge in [0.05, 0.1) is 0 Å². The van der Waals surface area contributed by atoms with Crippen LogP contribution in [-0.2, 0) is 9.53 Å². The number of hydrogen-bond acceptors (Lipinski definition) is 4. The summed E-state index contributed by atoms with van der Waals surface area (Å²) in [6.07, 6.45) is 4.00. The Morgan fingerprint density at radius 2 is 2.00 bits per heavy atom. The fraction of sp³-hybridized carbons (Fsp3) is 0.933. The highest BCUT2D eigenvalue weighted by atomic mass is 35.5. The zero-order chi connectivity index (χ0) is 14.6. The molecule has 132 valence electrons. The number of likely N-dealkylation sites (N-methyl/N-ethyl adjacent to an activating group) is 2. The lowest BCUT2D eigenvalue weighted by atomic mass is 9.90. The second-order valence-corrected chi connectivity index (χ2v) is 6.06. The van der Waals surface area contributed by atoms with Gasteiger partial charge in [0.25, 0.3) is 5.91 Å². The third-order valence-electron chi connectivity index (χ3n) is 4.93. The molecule has 1 N–H and O–H groups in total. The summed E-state index contributed by atoms with van der Waals surface area (Å²) in [5.74, 6) is 0.157. The van der Waals surface area contributed by atoms with E-state index in [4.69, 9.17) is 4.74 Å². The van der Waals surface area contributed by atoms with Gasteiger partial charge in [0.15, 0.2) is 0 Å². The van der Waals surface area contributed by atoms with Crippen LogP contribution in [0.15, 0.2) is 0 Å². The minimum atomic E-state index is -0.602. The second-order valence-electron chi connectivity index (χ2n) is 6.06. The molecule has 1 atom stereocenters. The summed E-state index contributed by atoms with van der Waals surface area (Å²) >= 11 is 0. The molecule has 2 rings (SSSR count). The molecule has 0 bridgehead atoms. The lowest BCUT2D eigenvalue weighted by Crippen LogP contribution is -2.56. The van der Waals surface area contributed by atoms with E-state index in [1.165, 1.54) is 19.4 Å². The van der Waals surface area contributed by atoms with E-state index < -0.39 is 5.60 Å². The third kappa shape index (κ3) is 4.71. The number of piperidine rings is 1. The van der Waals surface area contributed by atoms with Crippen molar-refractivity contribution in [1.82, 2.24) is 15.1 Å². The van der Waals surface area contributed by atoms with Gasteiger partial charge < -0.3 is 15.0 Å². The van der Waals surface area contributed by atoms with Crippen molar-refractivity contribution in [3.63, 3.8) is 0 Å². The number of carbonyl (C=O) groups is 1. The molecule has 2 fully saturated rings. The highest BCUT2D eigenvalue weighted by molar-refractivity contribution is 5.86. The van der Waals surface area contributed by atoms with Crippen molar-refractivity contribution < 1.29 is 9.53 Å². The number of ether oxygens (including phenoxy) is 1. The van der Waals surface area contributed by atoms with Crippen LogP contribution in [0.2, 0.25) is 0 Å². The summed E-state index contributed by atoms with van der Waals surface area (Å²) in [6.45, 7) is 6.99. The Bertz CT molecular complexity index is 339. The monoisotopic (exact) mass is 355 g/mol. The molecule has 0 radical (unpaired) electrons. The Labute approximate surface area is 146 Å². The molecule has 2 saturated heterocycles. The normalized spacial score (nSPS) is 24.2. The van der Waals surface area contributed by atoms with Gasteiger partial charge in [0.1, 0.15) is 5.60 Å². The van der Waals surface area contributed by atoms with E-state index in [1.54, 1.807) is 7.11 Å². The Morgan fingerprint density at radius 3 is 2.55 bits per heavy atom. The molecular weight excluding hydrogens is 325 g/mol. The van der Waals surface area contributed by atoms with E-state index in [-0.39, 0.29) is 30.7 Å². The number of nitrogens with one attached hydrogen (secondary N) is 1. The van der Waals surface area contributed by atoms with Crippen LogP contribution in [0.1, 0.15) is 32.6 Å². The smallest absolute Gasteiger partial charge is 0.254 e. The maximum atomic E-state index is 12.8. The maximum Gasteiger partial charge on any atom is 0.254 e. The summed E-state index contributed by atoms with van der Waals surface area (Å²) in [5, 5.41) is 3.30. The van der Waals surface area contributed by atoms with E-state index in [9.17, 15) is 4.79 Å². The molecule has 2 aliphatic heterocycles. The zero-order valence-electron chi connectivity index (χ0n) is 14.0. The largest absolute Gasteiger partial charge is 0.368 e. The van der Waals surface area contributed by atoms with Gasteiger partial charge in [-0.1, -0.05) is 6.92 Å². The number of halogens is 2. The van der Waals surface area contributed by atoms with Gasteiger partial charge in [0.2, 0.25) is 0 Å². The molecule has 2 aliphatic rings. The molecule has 2 heterocycles. The molecule has 0 saturated carbocycles. The summed E-state index contributed by atoms with van der Waals surface area (Å²) < 4.78 is 5.63. The maximum absolute atomic E-state index is 12.8. The van der Waals surface area contributed by atoms with Crippen LogP contribution < -0.4 is 5.32 Å². The molecule has 7 heteroatoms. The van der Waals surface area contributed by atoms with Gasteiger partial charge in [-0.3, -0.25) is 9.69 Å². The van der Waals surface area contributed by atoms with Gasteiger partial charge in [0, 0.05) is 26.7 Å². The molecule has 0 aromatic heterocycles. The molecular formula is C15H31Cl2N3O2. The van der Waals surface area contributed by atoms with Crippen molar-refractivity contribution in [2.75, 3.05) is 46.9 Å². The van der Waals surface area contributed by atoms with Crippen LogP contribution in [-0.4, -0.2) is 74.2 Å². The average molecular weight is 356 g/mol. The first-order chi connectivity index (χ1) is 9.63. The van der Waals surface area contributed by atoms with E-state index in [0.717, 1.165) is 39.0 Å². The first-order valence-corrected chi connectivity index (χ1v) is 7.88. The third-order valence-corrected chi connectivity index (χ3v) is 4.93. The minimum absolute atomic E-state index is 0. The van der Waals surface area contributed by atoms with Crippen LogP contribution >= 0.6 is 24.8 Å². The summed E-state index contributed by atoms with van der Waals surface area (Å²) in [6, 6.07) is 0.518.